The summed E-state index contributed by atoms with van der Waals surface area (Å²) in [5, 5.41) is 2.80. The first-order valence-corrected chi connectivity index (χ1v) is 3.45. The van der Waals surface area contributed by atoms with Gasteiger partial charge in [0.05, 0.1) is 0 Å². The Balaban J connectivity index is 3.15. The van der Waals surface area contributed by atoms with Crippen molar-refractivity contribution in [2.24, 2.45) is 5.92 Å². The van der Waals surface area contributed by atoms with Gasteiger partial charge in [0.25, 0.3) is 0 Å². The molecule has 0 saturated carbocycles. The van der Waals surface area contributed by atoms with Gasteiger partial charge in [-0.25, -0.2) is 4.39 Å². The molecule has 9 heavy (non-hydrogen) atoms. The van der Waals surface area contributed by atoms with Crippen molar-refractivity contribution in [1.82, 2.24) is 5.32 Å². The molecule has 0 aromatic heterocycles. The maximum absolute atomic E-state index is 12.6. The molecule has 0 aliphatic carbocycles. The molecule has 0 aromatic rings. The zero-order valence-electron chi connectivity index (χ0n) is 6.45. The molecule has 0 unspecified atom stereocenters. The van der Waals surface area contributed by atoms with Crippen LogP contribution in [-0.2, 0) is 0 Å². The molecule has 56 valence electrons. The van der Waals surface area contributed by atoms with Gasteiger partial charge in [-0.15, -0.1) is 0 Å². The molecule has 1 N–H and O–H groups in total. The normalized spacial score (nSPS) is 14.3. The van der Waals surface area contributed by atoms with E-state index in [1.54, 1.807) is 7.05 Å². The van der Waals surface area contributed by atoms with E-state index >= 15 is 0 Å². The summed E-state index contributed by atoms with van der Waals surface area (Å²) in [7, 11) is 1.77. The first-order chi connectivity index (χ1) is 4.16. The van der Waals surface area contributed by atoms with Crippen molar-refractivity contribution in [3.63, 3.8) is 0 Å². The minimum atomic E-state index is -0.671. The van der Waals surface area contributed by atoms with Crippen LogP contribution in [0.15, 0.2) is 0 Å². The summed E-state index contributed by atoms with van der Waals surface area (Å²) in [6.45, 7) is 4.54. The lowest BCUT2D eigenvalue weighted by Gasteiger charge is -2.08. The molecule has 0 radical (unpaired) electrons. The molecule has 0 aliphatic heterocycles. The van der Waals surface area contributed by atoms with E-state index in [-0.39, 0.29) is 0 Å². The van der Waals surface area contributed by atoms with E-state index in [0.717, 1.165) is 0 Å². The fraction of sp³-hybridized carbons (Fsp3) is 1.00. The van der Waals surface area contributed by atoms with E-state index in [1.165, 1.54) is 0 Å². The fourth-order valence-electron chi connectivity index (χ4n) is 0.816. The van der Waals surface area contributed by atoms with E-state index in [9.17, 15) is 4.39 Å². The molecule has 0 amide bonds. The summed E-state index contributed by atoms with van der Waals surface area (Å²) in [5.41, 5.74) is 0. The predicted molar refractivity (Wildman–Crippen MR) is 38.3 cm³/mol. The van der Waals surface area contributed by atoms with Gasteiger partial charge in [-0.1, -0.05) is 13.8 Å². The van der Waals surface area contributed by atoms with Gasteiger partial charge in [0, 0.05) is 6.54 Å². The number of hydrogen-bond acceptors (Lipinski definition) is 1. The second-order valence-electron chi connectivity index (χ2n) is 2.78. The molecule has 0 bridgehead atoms. The molecule has 0 rings (SSSR count). The van der Waals surface area contributed by atoms with Crippen LogP contribution in [0.25, 0.3) is 0 Å². The van der Waals surface area contributed by atoms with Crippen molar-refractivity contribution in [1.29, 1.82) is 0 Å². The van der Waals surface area contributed by atoms with Crippen molar-refractivity contribution in [2.45, 2.75) is 26.4 Å². The quantitative estimate of drug-likeness (QED) is 0.614. The summed E-state index contributed by atoms with van der Waals surface area (Å²) in [5.74, 6) is 0.466. The summed E-state index contributed by atoms with van der Waals surface area (Å²) < 4.78 is 12.6. The molecule has 0 saturated heterocycles. The van der Waals surface area contributed by atoms with Gasteiger partial charge in [-0.2, -0.15) is 0 Å². The van der Waals surface area contributed by atoms with E-state index < -0.39 is 6.17 Å². The van der Waals surface area contributed by atoms with Gasteiger partial charge >= 0.3 is 0 Å². The highest BCUT2D eigenvalue weighted by molar-refractivity contribution is 4.59. The second-order valence-corrected chi connectivity index (χ2v) is 2.78. The van der Waals surface area contributed by atoms with Crippen LogP contribution >= 0.6 is 0 Å². The third-order valence-corrected chi connectivity index (χ3v) is 1.15. The lowest BCUT2D eigenvalue weighted by atomic mass is 10.1. The van der Waals surface area contributed by atoms with Crippen LogP contribution in [0, 0.1) is 5.92 Å². The lowest BCUT2D eigenvalue weighted by Crippen LogP contribution is -2.21. The Hall–Kier alpha value is -0.110. The standard InChI is InChI=1S/C7H16FN/c1-6(2)4-7(8)5-9-3/h6-7,9H,4-5H2,1-3H3/t7-/m0/s1. The molecule has 0 aliphatic rings. The summed E-state index contributed by atoms with van der Waals surface area (Å²) >= 11 is 0. The lowest BCUT2D eigenvalue weighted by molar-refractivity contribution is 0.278. The SMILES string of the molecule is CNC[C@@H](F)CC(C)C. The molecular formula is C7H16FN. The molecule has 0 fully saturated rings. The first-order valence-electron chi connectivity index (χ1n) is 3.45. The Morgan fingerprint density at radius 2 is 2.00 bits per heavy atom. The Morgan fingerprint density at radius 1 is 1.44 bits per heavy atom. The van der Waals surface area contributed by atoms with Gasteiger partial charge in [-0.3, -0.25) is 0 Å². The number of nitrogens with one attached hydrogen (secondary N) is 1. The van der Waals surface area contributed by atoms with Crippen LogP contribution in [0.5, 0.6) is 0 Å². The molecule has 1 atom stereocenters. The fourth-order valence-corrected chi connectivity index (χ4v) is 0.816. The van der Waals surface area contributed by atoms with Crippen LogP contribution < -0.4 is 5.32 Å². The summed E-state index contributed by atoms with van der Waals surface area (Å²) in [6.07, 6.45) is -0.00380. The molecule has 0 aromatic carbocycles. The number of alkyl halides is 1. The topological polar surface area (TPSA) is 12.0 Å². The maximum atomic E-state index is 12.6. The smallest absolute Gasteiger partial charge is 0.113 e. The van der Waals surface area contributed by atoms with Crippen LogP contribution in [0.1, 0.15) is 20.3 Å². The Morgan fingerprint density at radius 3 is 2.33 bits per heavy atom. The van der Waals surface area contributed by atoms with E-state index in [1.807, 2.05) is 13.8 Å². The van der Waals surface area contributed by atoms with Gasteiger partial charge < -0.3 is 5.32 Å². The average Bonchev–Trinajstić information content (AvgIpc) is 1.63. The van der Waals surface area contributed by atoms with Crippen LogP contribution in [0.3, 0.4) is 0 Å². The van der Waals surface area contributed by atoms with E-state index in [4.69, 9.17) is 0 Å². The van der Waals surface area contributed by atoms with E-state index in [0.29, 0.717) is 18.9 Å². The average molecular weight is 133 g/mol. The van der Waals surface area contributed by atoms with E-state index in [2.05, 4.69) is 5.32 Å². The molecule has 1 nitrogen and oxygen atoms in total. The molecule has 0 heterocycles. The van der Waals surface area contributed by atoms with Crippen molar-refractivity contribution in [2.75, 3.05) is 13.6 Å². The Labute approximate surface area is 56.6 Å². The Kier molecular flexibility index (Phi) is 4.68. The van der Waals surface area contributed by atoms with Gasteiger partial charge in [0.2, 0.25) is 0 Å². The zero-order chi connectivity index (χ0) is 7.28. The second kappa shape index (κ2) is 4.74. The molecule has 0 spiro atoms. The van der Waals surface area contributed by atoms with Crippen molar-refractivity contribution in [3.05, 3.63) is 0 Å². The highest BCUT2D eigenvalue weighted by atomic mass is 19.1. The zero-order valence-corrected chi connectivity index (χ0v) is 6.45. The minimum absolute atomic E-state index is 0.466. The monoisotopic (exact) mass is 133 g/mol. The van der Waals surface area contributed by atoms with Crippen molar-refractivity contribution < 1.29 is 4.39 Å². The number of rotatable bonds is 4. The van der Waals surface area contributed by atoms with Crippen molar-refractivity contribution >= 4 is 0 Å². The van der Waals surface area contributed by atoms with Gasteiger partial charge in [0.1, 0.15) is 6.17 Å². The minimum Gasteiger partial charge on any atom is -0.317 e. The summed E-state index contributed by atoms with van der Waals surface area (Å²) in [4.78, 5) is 0. The highest BCUT2D eigenvalue weighted by Crippen LogP contribution is 2.06. The largest absolute Gasteiger partial charge is 0.317 e. The number of hydrogen-bond donors (Lipinski definition) is 1. The number of halogens is 1. The van der Waals surface area contributed by atoms with Crippen LogP contribution in [-0.4, -0.2) is 19.8 Å². The summed E-state index contributed by atoms with van der Waals surface area (Å²) in [6, 6.07) is 0. The van der Waals surface area contributed by atoms with Crippen LogP contribution in [0.2, 0.25) is 0 Å². The predicted octanol–water partition coefficient (Wildman–Crippen LogP) is 1.59. The highest BCUT2D eigenvalue weighted by Gasteiger charge is 2.06. The molecular weight excluding hydrogens is 117 g/mol. The first kappa shape index (κ1) is 8.89. The Bertz CT molecular complexity index is 63.9. The van der Waals surface area contributed by atoms with Gasteiger partial charge in [-0.05, 0) is 19.4 Å². The third-order valence-electron chi connectivity index (χ3n) is 1.15. The van der Waals surface area contributed by atoms with Crippen LogP contribution in [0.4, 0.5) is 4.39 Å². The van der Waals surface area contributed by atoms with Crippen molar-refractivity contribution in [3.8, 4) is 0 Å². The maximum Gasteiger partial charge on any atom is 0.113 e. The van der Waals surface area contributed by atoms with Gasteiger partial charge in [0.15, 0.2) is 0 Å². The third kappa shape index (κ3) is 5.77. The molecule has 2 heteroatoms.